The molecule has 4 rings (SSSR count). The van der Waals surface area contributed by atoms with Crippen molar-refractivity contribution in [1.82, 2.24) is 19.8 Å². The SMILES string of the molecule is Cc1cccc(-c2nn3c(-c4ccc(C(C)(C)C)cc4)nnc3s2)c1. The van der Waals surface area contributed by atoms with Crippen molar-refractivity contribution in [3.63, 3.8) is 0 Å². The highest BCUT2D eigenvalue weighted by atomic mass is 32.1. The van der Waals surface area contributed by atoms with Gasteiger partial charge in [0.05, 0.1) is 0 Å². The van der Waals surface area contributed by atoms with Gasteiger partial charge in [0.1, 0.15) is 5.01 Å². The fourth-order valence-corrected chi connectivity index (χ4v) is 3.65. The summed E-state index contributed by atoms with van der Waals surface area (Å²) in [6.07, 6.45) is 0. The largest absolute Gasteiger partial charge is 0.235 e. The molecule has 0 spiro atoms. The number of rotatable bonds is 2. The molecule has 0 saturated carbocycles. The number of hydrogen-bond donors (Lipinski definition) is 0. The Bertz CT molecular complexity index is 1040. The molecule has 0 bridgehead atoms. The van der Waals surface area contributed by atoms with E-state index in [1.807, 2.05) is 4.52 Å². The minimum Gasteiger partial charge on any atom is -0.182 e. The van der Waals surface area contributed by atoms with Crippen LogP contribution in [0.3, 0.4) is 0 Å². The Morgan fingerprint density at radius 1 is 0.920 bits per heavy atom. The van der Waals surface area contributed by atoms with Crippen LogP contribution in [0.5, 0.6) is 0 Å². The molecule has 0 N–H and O–H groups in total. The minimum atomic E-state index is 0.137. The van der Waals surface area contributed by atoms with Crippen molar-refractivity contribution in [1.29, 1.82) is 0 Å². The summed E-state index contributed by atoms with van der Waals surface area (Å²) >= 11 is 1.56. The van der Waals surface area contributed by atoms with Gasteiger partial charge in [-0.15, -0.1) is 10.2 Å². The van der Waals surface area contributed by atoms with Crippen LogP contribution >= 0.6 is 11.3 Å². The first-order valence-electron chi connectivity index (χ1n) is 8.32. The summed E-state index contributed by atoms with van der Waals surface area (Å²) in [4.78, 5) is 0.811. The molecule has 0 saturated heterocycles. The molecule has 0 radical (unpaired) electrons. The summed E-state index contributed by atoms with van der Waals surface area (Å²) < 4.78 is 1.84. The summed E-state index contributed by atoms with van der Waals surface area (Å²) in [6, 6.07) is 16.9. The van der Waals surface area contributed by atoms with Crippen LogP contribution in [-0.2, 0) is 5.41 Å². The molecule has 2 aromatic heterocycles. The van der Waals surface area contributed by atoms with Crippen LogP contribution < -0.4 is 0 Å². The van der Waals surface area contributed by atoms with E-state index in [2.05, 4.69) is 86.4 Å². The maximum absolute atomic E-state index is 4.74. The van der Waals surface area contributed by atoms with E-state index in [0.717, 1.165) is 26.9 Å². The summed E-state index contributed by atoms with van der Waals surface area (Å²) in [5.41, 5.74) is 4.81. The van der Waals surface area contributed by atoms with Gasteiger partial charge in [-0.1, -0.05) is 80.1 Å². The van der Waals surface area contributed by atoms with Crippen LogP contribution in [0.15, 0.2) is 48.5 Å². The average Bonchev–Trinajstić information content (AvgIpc) is 3.14. The van der Waals surface area contributed by atoms with E-state index >= 15 is 0 Å². The topological polar surface area (TPSA) is 43.1 Å². The van der Waals surface area contributed by atoms with Crippen LogP contribution in [0.4, 0.5) is 0 Å². The van der Waals surface area contributed by atoms with Crippen molar-refractivity contribution in [3.8, 4) is 22.0 Å². The first-order valence-corrected chi connectivity index (χ1v) is 9.14. The molecule has 0 unspecified atom stereocenters. The van der Waals surface area contributed by atoms with Gasteiger partial charge < -0.3 is 0 Å². The third-order valence-electron chi connectivity index (χ3n) is 4.27. The third-order valence-corrected chi connectivity index (χ3v) is 5.21. The number of aryl methyl sites for hydroxylation is 1. The normalized spacial score (nSPS) is 12.0. The molecule has 0 aliphatic carbocycles. The van der Waals surface area contributed by atoms with Gasteiger partial charge in [0, 0.05) is 11.1 Å². The smallest absolute Gasteiger partial charge is 0.182 e. The predicted octanol–water partition coefficient (Wildman–Crippen LogP) is 5.13. The van der Waals surface area contributed by atoms with Gasteiger partial charge in [0.25, 0.3) is 0 Å². The molecule has 2 heterocycles. The number of hydrogen-bond acceptors (Lipinski definition) is 4. The lowest BCUT2D eigenvalue weighted by Gasteiger charge is -2.18. The Labute approximate surface area is 151 Å². The molecule has 0 aliphatic rings. The van der Waals surface area contributed by atoms with Crippen molar-refractivity contribution >= 4 is 16.3 Å². The minimum absolute atomic E-state index is 0.137. The Morgan fingerprint density at radius 3 is 2.36 bits per heavy atom. The lowest BCUT2D eigenvalue weighted by atomic mass is 9.87. The zero-order chi connectivity index (χ0) is 17.6. The van der Waals surface area contributed by atoms with E-state index in [1.165, 1.54) is 11.1 Å². The highest BCUT2D eigenvalue weighted by Gasteiger charge is 2.17. The predicted molar refractivity (Wildman–Crippen MR) is 103 cm³/mol. The van der Waals surface area contributed by atoms with Crippen LogP contribution in [-0.4, -0.2) is 19.8 Å². The summed E-state index contributed by atoms with van der Waals surface area (Å²) in [7, 11) is 0. The van der Waals surface area contributed by atoms with Gasteiger partial charge in [-0.3, -0.25) is 0 Å². The van der Waals surface area contributed by atoms with Crippen LogP contribution in [0.25, 0.3) is 26.9 Å². The molecule has 0 aliphatic heterocycles. The number of benzene rings is 2. The third kappa shape index (κ3) is 2.96. The maximum Gasteiger partial charge on any atom is 0.235 e. The molecule has 0 atom stereocenters. The lowest BCUT2D eigenvalue weighted by Crippen LogP contribution is -2.10. The Kier molecular flexibility index (Phi) is 3.69. The summed E-state index contributed by atoms with van der Waals surface area (Å²) in [5.74, 6) is 0.783. The van der Waals surface area contributed by atoms with Gasteiger partial charge in [0.15, 0.2) is 5.82 Å². The van der Waals surface area contributed by atoms with Gasteiger partial charge >= 0.3 is 0 Å². The molecule has 4 aromatic rings. The molecule has 25 heavy (non-hydrogen) atoms. The molecular formula is C20H20N4S. The van der Waals surface area contributed by atoms with E-state index in [4.69, 9.17) is 5.10 Å². The molecule has 2 aromatic carbocycles. The molecule has 0 amide bonds. The van der Waals surface area contributed by atoms with Crippen molar-refractivity contribution in [3.05, 3.63) is 59.7 Å². The number of fused-ring (bicyclic) bond motifs is 1. The maximum atomic E-state index is 4.74. The lowest BCUT2D eigenvalue weighted by molar-refractivity contribution is 0.590. The molecule has 0 fully saturated rings. The van der Waals surface area contributed by atoms with Gasteiger partial charge in [0.2, 0.25) is 4.96 Å². The summed E-state index contributed by atoms with van der Waals surface area (Å²) in [6.45, 7) is 8.73. The van der Waals surface area contributed by atoms with E-state index in [-0.39, 0.29) is 5.41 Å². The fraction of sp³-hybridized carbons (Fsp3) is 0.250. The van der Waals surface area contributed by atoms with Crippen molar-refractivity contribution in [2.75, 3.05) is 0 Å². The average molecular weight is 348 g/mol. The highest BCUT2D eigenvalue weighted by Crippen LogP contribution is 2.29. The standard InChI is InChI=1S/C20H20N4S/c1-13-6-5-7-15(12-13)18-23-24-17(21-22-19(24)25-18)14-8-10-16(11-9-14)20(2,3)4/h5-12H,1-4H3. The zero-order valence-electron chi connectivity index (χ0n) is 14.8. The Hall–Kier alpha value is -2.53. The second-order valence-electron chi connectivity index (χ2n) is 7.32. The summed E-state index contributed by atoms with van der Waals surface area (Å²) in [5, 5.41) is 14.3. The second kappa shape index (κ2) is 5.77. The fourth-order valence-electron chi connectivity index (χ4n) is 2.81. The van der Waals surface area contributed by atoms with E-state index < -0.39 is 0 Å². The van der Waals surface area contributed by atoms with E-state index in [9.17, 15) is 0 Å². The molecule has 126 valence electrons. The zero-order valence-corrected chi connectivity index (χ0v) is 15.6. The molecule has 5 heteroatoms. The highest BCUT2D eigenvalue weighted by molar-refractivity contribution is 7.19. The van der Waals surface area contributed by atoms with E-state index in [1.54, 1.807) is 11.3 Å². The van der Waals surface area contributed by atoms with Gasteiger partial charge in [-0.25, -0.2) is 0 Å². The number of aromatic nitrogens is 4. The monoisotopic (exact) mass is 348 g/mol. The van der Waals surface area contributed by atoms with Crippen molar-refractivity contribution in [2.24, 2.45) is 0 Å². The van der Waals surface area contributed by atoms with Crippen LogP contribution in [0.2, 0.25) is 0 Å². The molecular weight excluding hydrogens is 328 g/mol. The Balaban J connectivity index is 1.76. The van der Waals surface area contributed by atoms with E-state index in [0.29, 0.717) is 0 Å². The first-order chi connectivity index (χ1) is 11.9. The quantitative estimate of drug-likeness (QED) is 0.504. The number of nitrogens with zero attached hydrogens (tertiary/aromatic N) is 4. The van der Waals surface area contributed by atoms with Crippen molar-refractivity contribution in [2.45, 2.75) is 33.1 Å². The molecule has 4 nitrogen and oxygen atoms in total. The Morgan fingerprint density at radius 2 is 1.68 bits per heavy atom. The second-order valence-corrected chi connectivity index (χ2v) is 8.28. The first kappa shape index (κ1) is 16.0. The van der Waals surface area contributed by atoms with Gasteiger partial charge in [-0.2, -0.15) is 9.61 Å². The van der Waals surface area contributed by atoms with Crippen LogP contribution in [0, 0.1) is 6.92 Å². The van der Waals surface area contributed by atoms with Gasteiger partial charge in [-0.05, 0) is 24.0 Å². The van der Waals surface area contributed by atoms with Crippen molar-refractivity contribution < 1.29 is 0 Å². The van der Waals surface area contributed by atoms with Crippen LogP contribution in [0.1, 0.15) is 31.9 Å².